The lowest BCUT2D eigenvalue weighted by atomic mass is 10.3. The molecule has 2 aliphatic heterocycles. The van der Waals surface area contributed by atoms with E-state index in [2.05, 4.69) is 21.7 Å². The molecule has 2 atom stereocenters. The molecule has 0 bridgehead atoms. The fraction of sp³-hybridized carbons (Fsp3) is 0.692. The van der Waals surface area contributed by atoms with E-state index < -0.39 is 14.5 Å². The summed E-state index contributed by atoms with van der Waals surface area (Å²) in [6, 6.07) is 0. The maximum absolute atomic E-state index is 13.7. The fourth-order valence-electron chi connectivity index (χ4n) is 3.07. The van der Waals surface area contributed by atoms with Crippen LogP contribution in [0.3, 0.4) is 0 Å². The molecule has 2 saturated heterocycles. The number of sulfone groups is 1. The minimum Gasteiger partial charge on any atom is -0.623 e. The maximum Gasteiger partial charge on any atom is 0.310 e. The van der Waals surface area contributed by atoms with Crippen LogP contribution >= 0.6 is 11.3 Å². The molecule has 0 aromatic carbocycles. The van der Waals surface area contributed by atoms with Crippen molar-refractivity contribution in [1.29, 1.82) is 0 Å². The minimum absolute atomic E-state index is 0.117. The van der Waals surface area contributed by atoms with Crippen molar-refractivity contribution < 1.29 is 13.2 Å². The molecule has 3 heterocycles. The predicted octanol–water partition coefficient (Wildman–Crippen LogP) is -0.136. The number of hydroxylamine groups is 2. The third-order valence-corrected chi connectivity index (χ3v) is 6.91. The van der Waals surface area contributed by atoms with Crippen molar-refractivity contribution in [3.05, 3.63) is 17.9 Å². The average molecular weight is 375 g/mol. The molecule has 3 rings (SSSR count). The van der Waals surface area contributed by atoms with Crippen LogP contribution in [0.2, 0.25) is 0 Å². The number of aromatic nitrogens is 2. The van der Waals surface area contributed by atoms with Gasteiger partial charge in [0.1, 0.15) is 6.67 Å². The zero-order valence-electron chi connectivity index (χ0n) is 13.5. The Bertz CT molecular complexity index is 703. The van der Waals surface area contributed by atoms with E-state index in [0.717, 1.165) is 17.6 Å². The van der Waals surface area contributed by atoms with Gasteiger partial charge >= 0.3 is 5.13 Å². The highest BCUT2D eigenvalue weighted by molar-refractivity contribution is 7.92. The summed E-state index contributed by atoms with van der Waals surface area (Å²) in [6.45, 7) is 7.62. The standard InChI is InChI=1S/C13H21N5O4S2/c1-3-4-16-9-11(17-5-7-22-8-6-17)18(19,10-16)12-14-15-13(23-12)24(2,20)21/h3,11H,1,4-10H2,2H3. The summed E-state index contributed by atoms with van der Waals surface area (Å²) in [5, 5.41) is 21.5. The molecule has 2 unspecified atom stereocenters. The lowest BCUT2D eigenvalue weighted by molar-refractivity contribution is -0.00414. The highest BCUT2D eigenvalue weighted by atomic mass is 32.2. The molecule has 0 N–H and O–H groups in total. The summed E-state index contributed by atoms with van der Waals surface area (Å²) < 4.78 is 27.9. The Balaban J connectivity index is 1.93. The molecule has 134 valence electrons. The average Bonchev–Trinajstić information content (AvgIpc) is 3.14. The smallest absolute Gasteiger partial charge is 0.310 e. The van der Waals surface area contributed by atoms with Crippen molar-refractivity contribution in [2.45, 2.75) is 10.5 Å². The van der Waals surface area contributed by atoms with Gasteiger partial charge in [-0.1, -0.05) is 11.2 Å². The van der Waals surface area contributed by atoms with Gasteiger partial charge in [0.25, 0.3) is 0 Å². The number of hydrogen-bond acceptors (Lipinski definition) is 9. The van der Waals surface area contributed by atoms with E-state index in [0.29, 0.717) is 39.4 Å². The quantitative estimate of drug-likeness (QED) is 0.399. The lowest BCUT2D eigenvalue weighted by Gasteiger charge is -2.45. The molecule has 2 aliphatic rings. The third-order valence-electron chi connectivity index (χ3n) is 4.20. The van der Waals surface area contributed by atoms with Crippen LogP contribution in [0.25, 0.3) is 0 Å². The minimum atomic E-state index is -3.47. The molecule has 1 aromatic heterocycles. The van der Waals surface area contributed by atoms with Gasteiger partial charge in [-0.2, -0.15) is 0 Å². The molecule has 9 nitrogen and oxygen atoms in total. The van der Waals surface area contributed by atoms with E-state index in [-0.39, 0.29) is 22.3 Å². The Morgan fingerprint density at radius 1 is 1.46 bits per heavy atom. The van der Waals surface area contributed by atoms with Crippen LogP contribution in [0.4, 0.5) is 5.13 Å². The Kier molecular flexibility index (Phi) is 5.02. The summed E-state index contributed by atoms with van der Waals surface area (Å²) in [5.74, 6) is 0. The summed E-state index contributed by atoms with van der Waals surface area (Å²) in [4.78, 5) is 4.10. The van der Waals surface area contributed by atoms with E-state index in [9.17, 15) is 13.6 Å². The molecule has 24 heavy (non-hydrogen) atoms. The molecule has 0 saturated carbocycles. The molecular formula is C13H21N5O4S2. The van der Waals surface area contributed by atoms with Crippen molar-refractivity contribution in [3.63, 3.8) is 0 Å². The number of rotatable bonds is 5. The van der Waals surface area contributed by atoms with Crippen LogP contribution in [-0.2, 0) is 14.6 Å². The molecule has 0 spiro atoms. The van der Waals surface area contributed by atoms with Gasteiger partial charge in [-0.3, -0.25) is 4.65 Å². The van der Waals surface area contributed by atoms with Crippen LogP contribution < -0.4 is 4.65 Å². The molecule has 0 radical (unpaired) electrons. The monoisotopic (exact) mass is 375 g/mol. The number of nitrogens with zero attached hydrogens (tertiary/aromatic N) is 5. The number of quaternary nitrogens is 1. The van der Waals surface area contributed by atoms with Crippen LogP contribution in [0, 0.1) is 5.21 Å². The Labute approximate surface area is 145 Å². The van der Waals surface area contributed by atoms with E-state index in [4.69, 9.17) is 4.74 Å². The van der Waals surface area contributed by atoms with Crippen LogP contribution in [0.15, 0.2) is 17.0 Å². The predicted molar refractivity (Wildman–Crippen MR) is 91.0 cm³/mol. The van der Waals surface area contributed by atoms with Gasteiger partial charge in [0.15, 0.2) is 6.17 Å². The zero-order valence-corrected chi connectivity index (χ0v) is 15.1. The highest BCUT2D eigenvalue weighted by Gasteiger charge is 2.47. The molecule has 2 fully saturated rings. The first-order valence-corrected chi connectivity index (χ1v) is 10.3. The lowest BCUT2D eigenvalue weighted by Crippen LogP contribution is -2.59. The van der Waals surface area contributed by atoms with Crippen molar-refractivity contribution in [1.82, 2.24) is 24.6 Å². The van der Waals surface area contributed by atoms with Crippen molar-refractivity contribution in [3.8, 4) is 0 Å². The number of morpholine rings is 1. The summed E-state index contributed by atoms with van der Waals surface area (Å²) in [5.41, 5.74) is 0. The van der Waals surface area contributed by atoms with Crippen LogP contribution in [0.5, 0.6) is 0 Å². The second kappa shape index (κ2) is 6.75. The van der Waals surface area contributed by atoms with Gasteiger partial charge in [-0.15, -0.1) is 11.7 Å². The van der Waals surface area contributed by atoms with E-state index in [1.165, 1.54) is 0 Å². The topological polar surface area (TPSA) is 98.7 Å². The molecular weight excluding hydrogens is 354 g/mol. The van der Waals surface area contributed by atoms with Gasteiger partial charge in [0, 0.05) is 25.9 Å². The van der Waals surface area contributed by atoms with E-state index in [1.54, 1.807) is 6.08 Å². The van der Waals surface area contributed by atoms with Gasteiger partial charge < -0.3 is 9.94 Å². The largest absolute Gasteiger partial charge is 0.623 e. The van der Waals surface area contributed by atoms with Crippen molar-refractivity contribution in [2.75, 3.05) is 52.3 Å². The fourth-order valence-corrected chi connectivity index (χ4v) is 4.75. The van der Waals surface area contributed by atoms with Crippen LogP contribution in [-0.4, -0.2) is 86.9 Å². The van der Waals surface area contributed by atoms with Gasteiger partial charge in [-0.25, -0.2) is 18.2 Å². The van der Waals surface area contributed by atoms with Gasteiger partial charge in [0.2, 0.25) is 14.2 Å². The molecule has 0 aliphatic carbocycles. The molecule has 11 heteroatoms. The first kappa shape index (κ1) is 17.9. The van der Waals surface area contributed by atoms with Crippen molar-refractivity contribution in [2.24, 2.45) is 0 Å². The summed E-state index contributed by atoms with van der Waals surface area (Å²) in [7, 11) is -3.47. The van der Waals surface area contributed by atoms with Gasteiger partial charge in [0.05, 0.1) is 19.8 Å². The Morgan fingerprint density at radius 2 is 2.17 bits per heavy atom. The molecule has 1 aromatic rings. The van der Waals surface area contributed by atoms with Crippen LogP contribution in [0.1, 0.15) is 0 Å². The summed E-state index contributed by atoms with van der Waals surface area (Å²) >= 11 is 0.863. The first-order valence-electron chi connectivity index (χ1n) is 7.62. The zero-order chi connectivity index (χ0) is 17.4. The van der Waals surface area contributed by atoms with E-state index >= 15 is 0 Å². The third kappa shape index (κ3) is 3.38. The van der Waals surface area contributed by atoms with E-state index in [1.807, 2.05) is 4.90 Å². The maximum atomic E-state index is 13.7. The summed E-state index contributed by atoms with van der Waals surface area (Å²) in [6.07, 6.45) is 2.47. The Hall–Kier alpha value is -0.950. The first-order chi connectivity index (χ1) is 11.3. The second-order valence-corrected chi connectivity index (χ2v) is 9.16. The Morgan fingerprint density at radius 3 is 2.75 bits per heavy atom. The number of ether oxygens (including phenoxy) is 1. The highest BCUT2D eigenvalue weighted by Crippen LogP contribution is 2.36. The second-order valence-electron chi connectivity index (χ2n) is 6.01. The number of hydrogen-bond donors (Lipinski definition) is 0. The molecule has 0 amide bonds. The van der Waals surface area contributed by atoms with Gasteiger partial charge in [-0.05, 0) is 11.3 Å². The SMILES string of the molecule is C=CCN1CC(N2CCOCC2)[N+]([O-])(c2nnc(S(C)(=O)=O)s2)C1. The van der Waals surface area contributed by atoms with Crippen molar-refractivity contribution >= 4 is 26.3 Å². The normalized spacial score (nSPS) is 29.8.